The van der Waals surface area contributed by atoms with E-state index < -0.39 is 5.97 Å². The number of nitrogens with one attached hydrogen (secondary N) is 2. The van der Waals surface area contributed by atoms with Crippen molar-refractivity contribution in [2.45, 2.75) is 18.9 Å². The van der Waals surface area contributed by atoms with Crippen LogP contribution in [0.15, 0.2) is 18.3 Å². The van der Waals surface area contributed by atoms with Gasteiger partial charge in [-0.05, 0) is 19.1 Å². The lowest BCUT2D eigenvalue weighted by molar-refractivity contribution is -0.136. The average Bonchev–Trinajstić information content (AvgIpc) is 2.36. The van der Waals surface area contributed by atoms with Crippen molar-refractivity contribution in [2.75, 3.05) is 25.0 Å². The largest absolute Gasteiger partial charge is 0.481 e. The van der Waals surface area contributed by atoms with E-state index in [0.29, 0.717) is 11.4 Å². The molecule has 7 heteroatoms. The number of hydrogen-bond donors (Lipinski definition) is 3. The zero-order chi connectivity index (χ0) is 14.6. The first-order valence-electron chi connectivity index (χ1n) is 6.28. The van der Waals surface area contributed by atoms with Crippen molar-refractivity contribution < 1.29 is 19.4 Å². The molecular formula is C13H17N3O4. The normalized spacial score (nSPS) is 16.2. The Bertz CT molecular complexity index is 497. The summed E-state index contributed by atoms with van der Waals surface area (Å²) >= 11 is 0. The second kappa shape index (κ2) is 5.98. The van der Waals surface area contributed by atoms with Gasteiger partial charge in [-0.2, -0.15) is 0 Å². The van der Waals surface area contributed by atoms with Gasteiger partial charge in [-0.3, -0.25) is 14.6 Å². The number of carbonyl (C=O) groups excluding carboxylic acids is 1. The van der Waals surface area contributed by atoms with E-state index in [0.717, 1.165) is 13.1 Å². The van der Waals surface area contributed by atoms with Gasteiger partial charge in [0, 0.05) is 13.1 Å². The Balaban J connectivity index is 1.80. The first-order chi connectivity index (χ1) is 9.47. The monoisotopic (exact) mass is 279 g/mol. The number of carbonyl (C=O) groups is 2. The van der Waals surface area contributed by atoms with Gasteiger partial charge in [0.1, 0.15) is 6.61 Å². The zero-order valence-electron chi connectivity index (χ0n) is 11.2. The first kappa shape index (κ1) is 14.4. The molecule has 0 aromatic carbocycles. The Kier molecular flexibility index (Phi) is 4.31. The van der Waals surface area contributed by atoms with Gasteiger partial charge < -0.3 is 20.5 Å². The standard InChI is InChI=1S/C13H17N3O4/c1-13(7-14-8-13)20-6-11(17)16-10-3-2-9(15-5-10)4-12(18)19/h2-3,5,14H,4,6-8H2,1H3,(H,16,17)(H,18,19). The Morgan fingerprint density at radius 2 is 2.25 bits per heavy atom. The molecule has 2 heterocycles. The van der Waals surface area contributed by atoms with Gasteiger partial charge in [-0.15, -0.1) is 0 Å². The molecule has 1 aromatic heterocycles. The highest BCUT2D eigenvalue weighted by atomic mass is 16.5. The lowest BCUT2D eigenvalue weighted by Crippen LogP contribution is -2.59. The van der Waals surface area contributed by atoms with E-state index in [4.69, 9.17) is 9.84 Å². The molecule has 0 radical (unpaired) electrons. The summed E-state index contributed by atoms with van der Waals surface area (Å²) in [5, 5.41) is 14.4. The number of carboxylic acids is 1. The zero-order valence-corrected chi connectivity index (χ0v) is 11.2. The van der Waals surface area contributed by atoms with Crippen LogP contribution in [0.5, 0.6) is 0 Å². The summed E-state index contributed by atoms with van der Waals surface area (Å²) in [5.74, 6) is -1.20. The number of hydrogen-bond acceptors (Lipinski definition) is 5. The molecule has 1 amide bonds. The number of rotatable bonds is 6. The molecule has 0 atom stereocenters. The van der Waals surface area contributed by atoms with Crippen LogP contribution in [0.4, 0.5) is 5.69 Å². The molecule has 20 heavy (non-hydrogen) atoms. The fraction of sp³-hybridized carbons (Fsp3) is 0.462. The molecule has 0 spiro atoms. The fourth-order valence-electron chi connectivity index (χ4n) is 1.77. The second-order valence-electron chi connectivity index (χ2n) is 5.00. The summed E-state index contributed by atoms with van der Waals surface area (Å²) in [6, 6.07) is 3.19. The molecule has 1 aliphatic rings. The van der Waals surface area contributed by atoms with E-state index in [2.05, 4.69) is 15.6 Å². The van der Waals surface area contributed by atoms with Crippen LogP contribution in [0.2, 0.25) is 0 Å². The van der Waals surface area contributed by atoms with Gasteiger partial charge in [-0.25, -0.2) is 0 Å². The molecule has 0 bridgehead atoms. The number of nitrogens with zero attached hydrogens (tertiary/aromatic N) is 1. The highest BCUT2D eigenvalue weighted by molar-refractivity contribution is 5.91. The SMILES string of the molecule is CC1(OCC(=O)Nc2ccc(CC(=O)O)nc2)CNC1. The summed E-state index contributed by atoms with van der Waals surface area (Å²) in [4.78, 5) is 26.2. The number of aromatic nitrogens is 1. The number of carboxylic acid groups (broad SMARTS) is 1. The van der Waals surface area contributed by atoms with Gasteiger partial charge in [0.2, 0.25) is 5.91 Å². The van der Waals surface area contributed by atoms with E-state index in [1.807, 2.05) is 6.92 Å². The van der Waals surface area contributed by atoms with Crippen molar-refractivity contribution >= 4 is 17.6 Å². The molecule has 0 unspecified atom stereocenters. The van der Waals surface area contributed by atoms with E-state index >= 15 is 0 Å². The minimum atomic E-state index is -0.940. The molecule has 1 aromatic rings. The van der Waals surface area contributed by atoms with Crippen molar-refractivity contribution in [3.63, 3.8) is 0 Å². The molecule has 108 valence electrons. The van der Waals surface area contributed by atoms with Crippen LogP contribution in [0.25, 0.3) is 0 Å². The summed E-state index contributed by atoms with van der Waals surface area (Å²) in [7, 11) is 0. The van der Waals surface area contributed by atoms with Gasteiger partial charge in [-0.1, -0.05) is 0 Å². The van der Waals surface area contributed by atoms with Crippen molar-refractivity contribution in [3.05, 3.63) is 24.0 Å². The van der Waals surface area contributed by atoms with Crippen molar-refractivity contribution in [2.24, 2.45) is 0 Å². The third-order valence-electron chi connectivity index (χ3n) is 2.99. The molecule has 1 aliphatic heterocycles. The van der Waals surface area contributed by atoms with Crippen LogP contribution in [-0.2, 0) is 20.7 Å². The molecule has 1 fully saturated rings. The van der Waals surface area contributed by atoms with Crippen LogP contribution in [0.3, 0.4) is 0 Å². The van der Waals surface area contributed by atoms with E-state index in [1.54, 1.807) is 12.1 Å². The minimum absolute atomic E-state index is 0.0188. The molecule has 1 saturated heterocycles. The maximum atomic E-state index is 11.7. The predicted octanol–water partition coefficient (Wildman–Crippen LogP) is 0.0257. The van der Waals surface area contributed by atoms with Crippen LogP contribution < -0.4 is 10.6 Å². The number of amides is 1. The summed E-state index contributed by atoms with van der Waals surface area (Å²) in [6.07, 6.45) is 1.30. The van der Waals surface area contributed by atoms with E-state index in [1.165, 1.54) is 6.20 Å². The van der Waals surface area contributed by atoms with Gasteiger partial charge >= 0.3 is 5.97 Å². The van der Waals surface area contributed by atoms with Crippen molar-refractivity contribution in [1.29, 1.82) is 0 Å². The van der Waals surface area contributed by atoms with E-state index in [-0.39, 0.29) is 24.5 Å². The Hall–Kier alpha value is -1.99. The number of anilines is 1. The van der Waals surface area contributed by atoms with Gasteiger partial charge in [0.25, 0.3) is 0 Å². The van der Waals surface area contributed by atoms with Gasteiger partial charge in [0.05, 0.1) is 29.6 Å². The fourth-order valence-corrected chi connectivity index (χ4v) is 1.77. The third kappa shape index (κ3) is 4.01. The lowest BCUT2D eigenvalue weighted by atomic mass is 10.0. The Morgan fingerprint density at radius 1 is 1.50 bits per heavy atom. The average molecular weight is 279 g/mol. The number of ether oxygens (including phenoxy) is 1. The molecule has 0 saturated carbocycles. The molecule has 3 N–H and O–H groups in total. The smallest absolute Gasteiger partial charge is 0.309 e. The lowest BCUT2D eigenvalue weighted by Gasteiger charge is -2.38. The van der Waals surface area contributed by atoms with Crippen LogP contribution in [0.1, 0.15) is 12.6 Å². The number of pyridine rings is 1. The maximum Gasteiger partial charge on any atom is 0.309 e. The third-order valence-corrected chi connectivity index (χ3v) is 2.99. The summed E-state index contributed by atoms with van der Waals surface area (Å²) in [6.45, 7) is 3.41. The first-order valence-corrected chi connectivity index (χ1v) is 6.28. The predicted molar refractivity (Wildman–Crippen MR) is 71.4 cm³/mol. The van der Waals surface area contributed by atoms with Crippen LogP contribution in [-0.4, -0.2) is 47.3 Å². The van der Waals surface area contributed by atoms with E-state index in [9.17, 15) is 9.59 Å². The van der Waals surface area contributed by atoms with Gasteiger partial charge in [0.15, 0.2) is 0 Å². The summed E-state index contributed by atoms with van der Waals surface area (Å²) in [5.41, 5.74) is 0.699. The highest BCUT2D eigenvalue weighted by Crippen LogP contribution is 2.15. The van der Waals surface area contributed by atoms with Crippen molar-refractivity contribution in [1.82, 2.24) is 10.3 Å². The minimum Gasteiger partial charge on any atom is -0.481 e. The van der Waals surface area contributed by atoms with Crippen LogP contribution in [0, 0.1) is 0 Å². The maximum absolute atomic E-state index is 11.7. The molecular weight excluding hydrogens is 262 g/mol. The topological polar surface area (TPSA) is 101 Å². The summed E-state index contributed by atoms with van der Waals surface area (Å²) < 4.78 is 5.50. The molecule has 2 rings (SSSR count). The van der Waals surface area contributed by atoms with Crippen molar-refractivity contribution in [3.8, 4) is 0 Å². The quantitative estimate of drug-likeness (QED) is 0.679. The van der Waals surface area contributed by atoms with Crippen LogP contribution >= 0.6 is 0 Å². The Morgan fingerprint density at radius 3 is 2.75 bits per heavy atom. The Labute approximate surface area is 116 Å². The number of aliphatic carboxylic acids is 1. The molecule has 7 nitrogen and oxygen atoms in total. The second-order valence-corrected chi connectivity index (χ2v) is 5.00. The molecule has 0 aliphatic carbocycles. The highest BCUT2D eigenvalue weighted by Gasteiger charge is 2.32.